The number of carbonyl (C=O) groups is 1. The van der Waals surface area contributed by atoms with Gasteiger partial charge in [0.2, 0.25) is 12.5 Å². The van der Waals surface area contributed by atoms with Crippen LogP contribution in [0.4, 0.5) is 0 Å². The molecule has 32 heavy (non-hydrogen) atoms. The number of ether oxygens (including phenoxy) is 3. The van der Waals surface area contributed by atoms with Crippen molar-refractivity contribution in [3.05, 3.63) is 40.5 Å². The second-order valence-electron chi connectivity index (χ2n) is 10.3. The molecule has 0 amide bonds. The Hall–Kier alpha value is -2.27. The van der Waals surface area contributed by atoms with Gasteiger partial charge in [0.1, 0.15) is 11.8 Å². The maximum Gasteiger partial charge on any atom is 0.231 e. The van der Waals surface area contributed by atoms with Crippen molar-refractivity contribution in [3.63, 3.8) is 0 Å². The minimum atomic E-state index is 0.0683. The van der Waals surface area contributed by atoms with Gasteiger partial charge in [-0.25, -0.2) is 0 Å². The van der Waals surface area contributed by atoms with Gasteiger partial charge in [-0.15, -0.1) is 0 Å². The molecule has 2 heterocycles. The zero-order chi connectivity index (χ0) is 22.9. The van der Waals surface area contributed by atoms with Gasteiger partial charge in [0.15, 0.2) is 11.5 Å². The van der Waals surface area contributed by atoms with Crippen molar-refractivity contribution in [2.75, 3.05) is 34.5 Å². The van der Waals surface area contributed by atoms with Crippen LogP contribution in [-0.2, 0) is 11.2 Å². The lowest BCUT2D eigenvalue weighted by Crippen LogP contribution is -2.49. The third-order valence-corrected chi connectivity index (χ3v) is 7.46. The third-order valence-electron chi connectivity index (χ3n) is 7.46. The van der Waals surface area contributed by atoms with E-state index in [2.05, 4.69) is 46.2 Å². The van der Waals surface area contributed by atoms with Gasteiger partial charge in [0, 0.05) is 12.3 Å². The molecule has 5 heteroatoms. The van der Waals surface area contributed by atoms with Crippen LogP contribution in [0, 0.1) is 5.92 Å². The van der Waals surface area contributed by atoms with Gasteiger partial charge in [0.05, 0.1) is 39.7 Å². The van der Waals surface area contributed by atoms with Crippen molar-refractivity contribution in [2.45, 2.75) is 64.8 Å². The summed E-state index contributed by atoms with van der Waals surface area (Å²) in [6.45, 7) is 5.51. The van der Waals surface area contributed by atoms with Gasteiger partial charge in [-0.2, -0.15) is 0 Å². The second kappa shape index (κ2) is 9.30. The van der Waals surface area contributed by atoms with E-state index in [0.717, 1.165) is 66.6 Å². The lowest BCUT2D eigenvalue weighted by atomic mass is 9.80. The molecule has 1 aliphatic carbocycles. The molecule has 0 N–H and O–H groups in total. The standard InChI is InChI=1S/C27H38NO4/c1-18(2)7-6-8-19-9-11-20(12-10-19)23(29)16-22-25-21(13-14-28(22,3)4)15-24-26(27(25)30-5)32-17-31-24/h7,9,15,20,22H,6,8,10-14,16-17H2,1-5H3/q+1. The van der Waals surface area contributed by atoms with E-state index in [1.165, 1.54) is 16.7 Å². The number of likely N-dealkylation sites (N-methyl/N-ethyl adjacent to an activating group) is 1. The van der Waals surface area contributed by atoms with Crippen molar-refractivity contribution in [3.8, 4) is 17.2 Å². The van der Waals surface area contributed by atoms with Gasteiger partial charge in [-0.1, -0.05) is 23.3 Å². The highest BCUT2D eigenvalue weighted by atomic mass is 16.7. The summed E-state index contributed by atoms with van der Waals surface area (Å²) in [5, 5.41) is 0. The van der Waals surface area contributed by atoms with Crippen LogP contribution in [0.1, 0.15) is 69.5 Å². The van der Waals surface area contributed by atoms with Gasteiger partial charge in [-0.3, -0.25) is 4.79 Å². The minimum Gasteiger partial charge on any atom is -0.492 e. The summed E-state index contributed by atoms with van der Waals surface area (Å²) in [5.74, 6) is 2.72. The predicted octanol–water partition coefficient (Wildman–Crippen LogP) is 5.53. The molecule has 0 aromatic heterocycles. The number of quaternary nitrogens is 1. The average molecular weight is 441 g/mol. The molecular weight excluding hydrogens is 402 g/mol. The summed E-state index contributed by atoms with van der Waals surface area (Å²) in [7, 11) is 6.15. The number of benzene rings is 1. The molecule has 0 fully saturated rings. The molecule has 1 aromatic carbocycles. The van der Waals surface area contributed by atoms with Crippen molar-refractivity contribution in [1.82, 2.24) is 0 Å². The van der Waals surface area contributed by atoms with Crippen LogP contribution in [0.25, 0.3) is 0 Å². The Morgan fingerprint density at radius 1 is 1.25 bits per heavy atom. The molecule has 5 nitrogen and oxygen atoms in total. The van der Waals surface area contributed by atoms with E-state index in [-0.39, 0.29) is 18.8 Å². The van der Waals surface area contributed by atoms with E-state index in [1.54, 1.807) is 7.11 Å². The molecule has 4 rings (SSSR count). The Balaban J connectivity index is 1.52. The quantitative estimate of drug-likeness (QED) is 0.413. The number of carbonyl (C=O) groups excluding carboxylic acids is 1. The van der Waals surface area contributed by atoms with Gasteiger partial charge in [0.25, 0.3) is 0 Å². The monoisotopic (exact) mass is 440 g/mol. The molecule has 0 radical (unpaired) electrons. The van der Waals surface area contributed by atoms with Crippen LogP contribution >= 0.6 is 0 Å². The zero-order valence-corrected chi connectivity index (χ0v) is 20.3. The zero-order valence-electron chi connectivity index (χ0n) is 20.3. The fourth-order valence-corrected chi connectivity index (χ4v) is 5.43. The minimum absolute atomic E-state index is 0.0683. The number of Topliss-reactive ketones (excluding diaryl/α,β-unsaturated/α-hetero) is 1. The Kier molecular flexibility index (Phi) is 6.66. The summed E-state index contributed by atoms with van der Waals surface area (Å²) in [5.41, 5.74) is 5.25. The lowest BCUT2D eigenvalue weighted by molar-refractivity contribution is -0.922. The Morgan fingerprint density at radius 2 is 2.06 bits per heavy atom. The number of fused-ring (bicyclic) bond motifs is 2. The molecular formula is C27H38NO4+. The first-order valence-corrected chi connectivity index (χ1v) is 12.0. The van der Waals surface area contributed by atoms with Crippen LogP contribution in [0.2, 0.25) is 0 Å². The predicted molar refractivity (Wildman–Crippen MR) is 126 cm³/mol. The first-order chi connectivity index (χ1) is 15.3. The lowest BCUT2D eigenvalue weighted by Gasteiger charge is -2.43. The van der Waals surface area contributed by atoms with Crippen molar-refractivity contribution in [1.29, 1.82) is 0 Å². The number of allylic oxidation sites excluding steroid dienone is 4. The van der Waals surface area contributed by atoms with Gasteiger partial charge >= 0.3 is 0 Å². The summed E-state index contributed by atoms with van der Waals surface area (Å²) in [6, 6.07) is 2.16. The molecule has 0 spiro atoms. The van der Waals surface area contributed by atoms with E-state index in [4.69, 9.17) is 14.2 Å². The molecule has 174 valence electrons. The fraction of sp³-hybridized carbons (Fsp3) is 0.593. The smallest absolute Gasteiger partial charge is 0.231 e. The van der Waals surface area contributed by atoms with Crippen molar-refractivity contribution < 1.29 is 23.5 Å². The van der Waals surface area contributed by atoms with Crippen LogP contribution in [0.5, 0.6) is 17.2 Å². The number of hydrogen-bond acceptors (Lipinski definition) is 4. The van der Waals surface area contributed by atoms with E-state index in [1.807, 2.05) is 0 Å². The first kappa shape index (κ1) is 22.9. The summed E-state index contributed by atoms with van der Waals surface area (Å²) >= 11 is 0. The molecule has 0 bridgehead atoms. The normalized spacial score (nSPS) is 23.2. The molecule has 0 saturated carbocycles. The second-order valence-corrected chi connectivity index (χ2v) is 10.3. The molecule has 3 aliphatic rings. The Bertz CT molecular complexity index is 939. The summed E-state index contributed by atoms with van der Waals surface area (Å²) in [4.78, 5) is 13.5. The largest absolute Gasteiger partial charge is 0.492 e. The van der Waals surface area contributed by atoms with Crippen LogP contribution < -0.4 is 14.2 Å². The number of nitrogens with zero attached hydrogens (tertiary/aromatic N) is 1. The molecule has 0 saturated heterocycles. The Morgan fingerprint density at radius 3 is 2.75 bits per heavy atom. The highest BCUT2D eigenvalue weighted by molar-refractivity contribution is 5.82. The number of rotatable bonds is 7. The van der Waals surface area contributed by atoms with E-state index in [9.17, 15) is 4.79 Å². The third kappa shape index (κ3) is 4.59. The van der Waals surface area contributed by atoms with Crippen molar-refractivity contribution in [2.24, 2.45) is 5.92 Å². The molecule has 1 aromatic rings. The average Bonchev–Trinajstić information content (AvgIpc) is 3.22. The highest BCUT2D eigenvalue weighted by Crippen LogP contribution is 2.51. The highest BCUT2D eigenvalue weighted by Gasteiger charge is 2.43. The molecule has 2 unspecified atom stereocenters. The van der Waals surface area contributed by atoms with E-state index >= 15 is 0 Å². The van der Waals surface area contributed by atoms with E-state index < -0.39 is 0 Å². The maximum atomic E-state index is 13.5. The van der Waals surface area contributed by atoms with Crippen molar-refractivity contribution >= 4 is 5.78 Å². The molecule has 2 atom stereocenters. The number of hydrogen-bond donors (Lipinski definition) is 0. The van der Waals surface area contributed by atoms with Gasteiger partial charge in [-0.05, 0) is 57.6 Å². The maximum absolute atomic E-state index is 13.5. The number of ketones is 1. The topological polar surface area (TPSA) is 44.8 Å². The fourth-order valence-electron chi connectivity index (χ4n) is 5.43. The van der Waals surface area contributed by atoms with E-state index in [0.29, 0.717) is 18.0 Å². The number of methoxy groups -OCH3 is 1. The Labute approximate surface area is 192 Å². The van der Waals surface area contributed by atoms with Crippen LogP contribution in [0.3, 0.4) is 0 Å². The summed E-state index contributed by atoms with van der Waals surface area (Å²) < 4.78 is 18.0. The first-order valence-electron chi connectivity index (χ1n) is 12.0. The molecule has 2 aliphatic heterocycles. The van der Waals surface area contributed by atoms with Crippen LogP contribution in [-0.4, -0.2) is 44.8 Å². The van der Waals surface area contributed by atoms with Crippen LogP contribution in [0.15, 0.2) is 29.4 Å². The summed E-state index contributed by atoms with van der Waals surface area (Å²) in [6.07, 6.45) is 11.3. The SMILES string of the molecule is COc1c2c(cc3c1C(CC(=O)C1CC=C(CCC=C(C)C)CC1)[N+](C)(C)CC3)OCO2. The van der Waals surface area contributed by atoms with Gasteiger partial charge < -0.3 is 18.7 Å².